The molecular formula is C17H18N2O5S. The fourth-order valence-electron chi connectivity index (χ4n) is 2.02. The number of rotatable bonds is 6. The Bertz CT molecular complexity index is 892. The molecule has 0 radical (unpaired) electrons. The summed E-state index contributed by atoms with van der Waals surface area (Å²) < 4.78 is 27.9. The maximum atomic E-state index is 12.2. The molecule has 3 N–H and O–H groups in total. The topological polar surface area (TPSA) is 116 Å². The van der Waals surface area contributed by atoms with E-state index in [0.717, 1.165) is 0 Å². The lowest BCUT2D eigenvalue weighted by molar-refractivity contribution is -0.122. The first-order valence-corrected chi connectivity index (χ1v) is 8.93. The van der Waals surface area contributed by atoms with Crippen molar-refractivity contribution >= 4 is 27.4 Å². The molecule has 8 heteroatoms. The molecule has 2 aromatic rings. The Morgan fingerprint density at radius 2 is 1.76 bits per heavy atom. The van der Waals surface area contributed by atoms with Crippen LogP contribution in [0.3, 0.4) is 0 Å². The maximum absolute atomic E-state index is 12.2. The van der Waals surface area contributed by atoms with Gasteiger partial charge in [-0.1, -0.05) is 12.1 Å². The molecule has 2 rings (SSSR count). The second-order valence-electron chi connectivity index (χ2n) is 5.40. The van der Waals surface area contributed by atoms with Crippen LogP contribution in [0.4, 0.5) is 5.69 Å². The van der Waals surface area contributed by atoms with Crippen LogP contribution in [0.1, 0.15) is 24.2 Å². The van der Waals surface area contributed by atoms with E-state index < -0.39 is 22.0 Å². The van der Waals surface area contributed by atoms with Gasteiger partial charge in [0.15, 0.2) is 11.9 Å². The molecule has 0 unspecified atom stereocenters. The summed E-state index contributed by atoms with van der Waals surface area (Å²) in [5.41, 5.74) is 0.897. The van der Waals surface area contributed by atoms with Gasteiger partial charge >= 0.3 is 0 Å². The van der Waals surface area contributed by atoms with Gasteiger partial charge in [0.1, 0.15) is 5.75 Å². The number of amides is 1. The van der Waals surface area contributed by atoms with E-state index in [1.807, 2.05) is 0 Å². The largest absolute Gasteiger partial charge is 0.481 e. The van der Waals surface area contributed by atoms with E-state index in [-0.39, 0.29) is 10.7 Å². The smallest absolute Gasteiger partial charge is 0.265 e. The molecule has 0 saturated carbocycles. The first-order valence-electron chi connectivity index (χ1n) is 7.38. The maximum Gasteiger partial charge on any atom is 0.265 e. The van der Waals surface area contributed by atoms with Crippen molar-refractivity contribution in [2.24, 2.45) is 5.14 Å². The molecule has 0 saturated heterocycles. The first kappa shape index (κ1) is 18.6. The Kier molecular flexibility index (Phi) is 5.55. The van der Waals surface area contributed by atoms with Crippen molar-refractivity contribution in [2.75, 3.05) is 5.32 Å². The van der Waals surface area contributed by atoms with Crippen LogP contribution < -0.4 is 15.2 Å². The van der Waals surface area contributed by atoms with E-state index in [2.05, 4.69) is 5.32 Å². The molecule has 0 aliphatic carbocycles. The molecule has 2 aromatic carbocycles. The molecule has 132 valence electrons. The van der Waals surface area contributed by atoms with Crippen LogP contribution >= 0.6 is 0 Å². The Morgan fingerprint density at radius 3 is 2.32 bits per heavy atom. The standard InChI is InChI=1S/C17H18N2O5S/c1-11(20)13-4-3-5-15(10-13)24-12(2)17(21)19-14-6-8-16(9-7-14)25(18,22)23/h3-10,12H,1-2H3,(H,19,21)(H2,18,22,23)/t12-/m1/s1. The van der Waals surface area contributed by atoms with Crippen LogP contribution in [0.25, 0.3) is 0 Å². The Hall–Kier alpha value is -2.71. The second-order valence-corrected chi connectivity index (χ2v) is 6.96. The number of ether oxygens (including phenoxy) is 1. The molecule has 0 heterocycles. The number of Topliss-reactive ketones (excluding diaryl/α,β-unsaturated/α-hetero) is 1. The van der Waals surface area contributed by atoms with Gasteiger partial charge in [-0.05, 0) is 50.2 Å². The molecule has 0 fully saturated rings. The van der Waals surface area contributed by atoms with Crippen LogP contribution in [-0.2, 0) is 14.8 Å². The summed E-state index contributed by atoms with van der Waals surface area (Å²) >= 11 is 0. The number of ketones is 1. The van der Waals surface area contributed by atoms with Gasteiger partial charge in [-0.25, -0.2) is 13.6 Å². The molecule has 0 aliphatic heterocycles. The minimum Gasteiger partial charge on any atom is -0.481 e. The van der Waals surface area contributed by atoms with Crippen molar-refractivity contribution in [3.63, 3.8) is 0 Å². The van der Waals surface area contributed by atoms with Gasteiger partial charge < -0.3 is 10.1 Å². The minimum atomic E-state index is -3.78. The highest BCUT2D eigenvalue weighted by molar-refractivity contribution is 7.89. The zero-order chi connectivity index (χ0) is 18.6. The summed E-state index contributed by atoms with van der Waals surface area (Å²) in [4.78, 5) is 23.5. The van der Waals surface area contributed by atoms with E-state index >= 15 is 0 Å². The molecular weight excluding hydrogens is 344 g/mol. The molecule has 7 nitrogen and oxygen atoms in total. The van der Waals surface area contributed by atoms with Crippen molar-refractivity contribution in [3.8, 4) is 5.75 Å². The van der Waals surface area contributed by atoms with Crippen molar-refractivity contribution in [1.29, 1.82) is 0 Å². The van der Waals surface area contributed by atoms with Gasteiger partial charge in [0.05, 0.1) is 4.90 Å². The predicted molar refractivity (Wildman–Crippen MR) is 93.0 cm³/mol. The fraction of sp³-hybridized carbons (Fsp3) is 0.176. The lowest BCUT2D eigenvalue weighted by Gasteiger charge is -2.15. The average molecular weight is 362 g/mol. The SMILES string of the molecule is CC(=O)c1cccc(O[C@H](C)C(=O)Nc2ccc(S(N)(=O)=O)cc2)c1. The quantitative estimate of drug-likeness (QED) is 0.762. The van der Waals surface area contributed by atoms with Gasteiger partial charge in [0.2, 0.25) is 10.0 Å². The van der Waals surface area contributed by atoms with E-state index in [4.69, 9.17) is 9.88 Å². The third-order valence-corrected chi connectivity index (χ3v) is 4.30. The third-order valence-electron chi connectivity index (χ3n) is 3.37. The number of carbonyl (C=O) groups is 2. The number of hydrogen-bond acceptors (Lipinski definition) is 5. The summed E-state index contributed by atoms with van der Waals surface area (Å²) in [7, 11) is -3.78. The van der Waals surface area contributed by atoms with Crippen molar-refractivity contribution in [1.82, 2.24) is 0 Å². The monoisotopic (exact) mass is 362 g/mol. The number of nitrogens with two attached hydrogens (primary N) is 1. The van der Waals surface area contributed by atoms with Gasteiger partial charge in [-0.15, -0.1) is 0 Å². The highest BCUT2D eigenvalue weighted by atomic mass is 32.2. The van der Waals surface area contributed by atoms with Crippen molar-refractivity contribution in [2.45, 2.75) is 24.8 Å². The van der Waals surface area contributed by atoms with Crippen LogP contribution in [0.15, 0.2) is 53.4 Å². The summed E-state index contributed by atoms with van der Waals surface area (Å²) in [6.45, 7) is 3.01. The Balaban J connectivity index is 2.03. The van der Waals surface area contributed by atoms with Gasteiger partial charge in [-0.2, -0.15) is 0 Å². The summed E-state index contributed by atoms with van der Waals surface area (Å²) in [6, 6.07) is 12.0. The summed E-state index contributed by atoms with van der Waals surface area (Å²) in [5, 5.41) is 7.63. The van der Waals surface area contributed by atoms with Crippen LogP contribution in [0, 0.1) is 0 Å². The Labute approximate surface area is 145 Å². The van der Waals surface area contributed by atoms with Crippen molar-refractivity contribution < 1.29 is 22.7 Å². The zero-order valence-corrected chi connectivity index (χ0v) is 14.5. The average Bonchev–Trinajstić information content (AvgIpc) is 2.54. The number of hydrogen-bond donors (Lipinski definition) is 2. The molecule has 0 aromatic heterocycles. The summed E-state index contributed by atoms with van der Waals surface area (Å²) in [5.74, 6) is -0.117. The number of primary sulfonamides is 1. The highest BCUT2D eigenvalue weighted by Gasteiger charge is 2.16. The first-order chi connectivity index (χ1) is 11.7. The number of sulfonamides is 1. The third kappa shape index (κ3) is 5.13. The molecule has 0 bridgehead atoms. The number of anilines is 1. The van der Waals surface area contributed by atoms with Crippen molar-refractivity contribution in [3.05, 3.63) is 54.1 Å². The normalized spacial score (nSPS) is 12.3. The van der Waals surface area contributed by atoms with E-state index in [1.165, 1.54) is 31.2 Å². The highest BCUT2D eigenvalue weighted by Crippen LogP contribution is 2.17. The Morgan fingerprint density at radius 1 is 1.12 bits per heavy atom. The number of benzene rings is 2. The molecule has 0 spiro atoms. The van der Waals surface area contributed by atoms with E-state index in [0.29, 0.717) is 17.0 Å². The van der Waals surface area contributed by atoms with Crippen LogP contribution in [0.5, 0.6) is 5.75 Å². The fourth-order valence-corrected chi connectivity index (χ4v) is 2.53. The zero-order valence-electron chi connectivity index (χ0n) is 13.7. The minimum absolute atomic E-state index is 0.0455. The van der Waals surface area contributed by atoms with Gasteiger partial charge in [0.25, 0.3) is 5.91 Å². The lowest BCUT2D eigenvalue weighted by atomic mass is 10.1. The van der Waals surface area contributed by atoms with Crippen LogP contribution in [0.2, 0.25) is 0 Å². The van der Waals surface area contributed by atoms with E-state index in [1.54, 1.807) is 31.2 Å². The van der Waals surface area contributed by atoms with Crippen LogP contribution in [-0.4, -0.2) is 26.2 Å². The molecule has 25 heavy (non-hydrogen) atoms. The van der Waals surface area contributed by atoms with E-state index in [9.17, 15) is 18.0 Å². The number of nitrogens with one attached hydrogen (secondary N) is 1. The molecule has 1 amide bonds. The molecule has 1 atom stereocenters. The van der Waals surface area contributed by atoms with Gasteiger partial charge in [-0.3, -0.25) is 9.59 Å². The second kappa shape index (κ2) is 7.45. The lowest BCUT2D eigenvalue weighted by Crippen LogP contribution is -2.30. The predicted octanol–water partition coefficient (Wildman–Crippen LogP) is 1.94. The number of carbonyl (C=O) groups excluding carboxylic acids is 2. The summed E-state index contributed by atoms with van der Waals surface area (Å²) in [6.07, 6.45) is -0.819. The molecule has 0 aliphatic rings. The van der Waals surface area contributed by atoms with Gasteiger partial charge in [0, 0.05) is 11.3 Å².